The molecule has 1 unspecified atom stereocenters. The highest BCUT2D eigenvalue weighted by Crippen LogP contribution is 2.20. The topological polar surface area (TPSA) is 56.1 Å². The first kappa shape index (κ1) is 17.0. The van der Waals surface area contributed by atoms with Crippen LogP contribution in [0.3, 0.4) is 0 Å². The van der Waals surface area contributed by atoms with Gasteiger partial charge in [0.15, 0.2) is 0 Å². The van der Waals surface area contributed by atoms with Gasteiger partial charge in [0.1, 0.15) is 0 Å². The summed E-state index contributed by atoms with van der Waals surface area (Å²) < 4.78 is 7.36. The molecule has 1 aromatic carbocycles. The number of aromatic nitrogens is 2. The predicted molar refractivity (Wildman–Crippen MR) is 93.9 cm³/mol. The fraction of sp³-hybridized carbons (Fsp3) is 0.444. The Hall–Kier alpha value is -1.85. The molecule has 1 fully saturated rings. The van der Waals surface area contributed by atoms with E-state index >= 15 is 0 Å². The van der Waals surface area contributed by atoms with Crippen molar-refractivity contribution in [3.63, 3.8) is 0 Å². The van der Waals surface area contributed by atoms with E-state index in [0.29, 0.717) is 17.1 Å². The number of nitrogens with zero attached hydrogens (tertiary/aromatic N) is 2. The Bertz CT molecular complexity index is 708. The average molecular weight is 348 g/mol. The van der Waals surface area contributed by atoms with Gasteiger partial charge in [-0.25, -0.2) is 4.68 Å². The molecule has 2 aromatic rings. The van der Waals surface area contributed by atoms with Gasteiger partial charge in [-0.3, -0.25) is 4.79 Å². The number of amides is 1. The zero-order valence-corrected chi connectivity index (χ0v) is 14.6. The summed E-state index contributed by atoms with van der Waals surface area (Å²) in [6, 6.07) is 7.49. The molecular formula is C18H22ClN3O2. The minimum atomic E-state index is -0.0952. The largest absolute Gasteiger partial charge is 0.376 e. The third kappa shape index (κ3) is 3.79. The fourth-order valence-corrected chi connectivity index (χ4v) is 3.16. The van der Waals surface area contributed by atoms with E-state index in [0.717, 1.165) is 43.7 Å². The summed E-state index contributed by atoms with van der Waals surface area (Å²) in [6.07, 6.45) is 5.54. The van der Waals surface area contributed by atoms with E-state index < -0.39 is 0 Å². The summed E-state index contributed by atoms with van der Waals surface area (Å²) in [5, 5.41) is 8.03. The molecule has 0 saturated carbocycles. The Morgan fingerprint density at radius 3 is 3.08 bits per heavy atom. The van der Waals surface area contributed by atoms with E-state index in [1.54, 1.807) is 10.9 Å². The molecule has 1 aromatic heterocycles. The van der Waals surface area contributed by atoms with Crippen LogP contribution in [0.1, 0.15) is 42.2 Å². The van der Waals surface area contributed by atoms with Crippen molar-refractivity contribution < 1.29 is 9.53 Å². The summed E-state index contributed by atoms with van der Waals surface area (Å²) in [6.45, 7) is 3.42. The molecule has 0 aliphatic carbocycles. The summed E-state index contributed by atoms with van der Waals surface area (Å²) in [5.74, 6) is -0.0952. The van der Waals surface area contributed by atoms with Crippen molar-refractivity contribution in [1.29, 1.82) is 0 Å². The quantitative estimate of drug-likeness (QED) is 0.871. The maximum Gasteiger partial charge on any atom is 0.254 e. The van der Waals surface area contributed by atoms with Crippen molar-refractivity contribution in [2.24, 2.45) is 0 Å². The predicted octanol–water partition coefficient (Wildman–Crippen LogP) is 3.39. The van der Waals surface area contributed by atoms with Gasteiger partial charge < -0.3 is 10.1 Å². The molecule has 1 aliphatic heterocycles. The highest BCUT2D eigenvalue weighted by Gasteiger charge is 2.20. The van der Waals surface area contributed by atoms with Gasteiger partial charge in [-0.2, -0.15) is 5.10 Å². The van der Waals surface area contributed by atoms with Crippen LogP contribution in [0.5, 0.6) is 0 Å². The van der Waals surface area contributed by atoms with Crippen LogP contribution in [0.2, 0.25) is 5.02 Å². The first-order chi connectivity index (χ1) is 11.7. The van der Waals surface area contributed by atoms with Crippen LogP contribution in [0, 0.1) is 0 Å². The minimum Gasteiger partial charge on any atom is -0.376 e. The Labute approximate surface area is 147 Å². The molecule has 1 saturated heterocycles. The number of nitrogens with one attached hydrogen (secondary N) is 1. The summed E-state index contributed by atoms with van der Waals surface area (Å²) >= 11 is 6.08. The third-order valence-electron chi connectivity index (χ3n) is 4.17. The van der Waals surface area contributed by atoms with Gasteiger partial charge in [0.05, 0.1) is 29.2 Å². The van der Waals surface area contributed by atoms with Crippen molar-refractivity contribution in [2.45, 2.75) is 38.7 Å². The Morgan fingerprint density at radius 1 is 1.50 bits per heavy atom. The van der Waals surface area contributed by atoms with Crippen molar-refractivity contribution in [3.05, 3.63) is 46.7 Å². The second-order valence-electron chi connectivity index (χ2n) is 5.99. The van der Waals surface area contributed by atoms with E-state index in [-0.39, 0.29) is 12.0 Å². The van der Waals surface area contributed by atoms with E-state index in [4.69, 9.17) is 16.3 Å². The van der Waals surface area contributed by atoms with Crippen molar-refractivity contribution in [3.8, 4) is 5.69 Å². The van der Waals surface area contributed by atoms with Crippen LogP contribution in [-0.2, 0) is 11.2 Å². The molecule has 3 rings (SSSR count). The van der Waals surface area contributed by atoms with Gasteiger partial charge in [0, 0.05) is 18.2 Å². The highest BCUT2D eigenvalue weighted by molar-refractivity contribution is 6.30. The fourth-order valence-electron chi connectivity index (χ4n) is 2.98. The van der Waals surface area contributed by atoms with Gasteiger partial charge in [-0.1, -0.05) is 31.0 Å². The molecule has 1 atom stereocenters. The number of hydrogen-bond donors (Lipinski definition) is 1. The molecule has 2 heterocycles. The lowest BCUT2D eigenvalue weighted by Gasteiger charge is -2.12. The van der Waals surface area contributed by atoms with Gasteiger partial charge in [0.25, 0.3) is 5.91 Å². The van der Waals surface area contributed by atoms with Crippen LogP contribution in [0.4, 0.5) is 0 Å². The van der Waals surface area contributed by atoms with Gasteiger partial charge >= 0.3 is 0 Å². The minimum absolute atomic E-state index is 0.0952. The zero-order valence-electron chi connectivity index (χ0n) is 13.8. The Morgan fingerprint density at radius 2 is 2.38 bits per heavy atom. The maximum absolute atomic E-state index is 12.6. The SMILES string of the molecule is CCCc1c(C(=O)NCC2CCCO2)cnn1-c1cccc(Cl)c1. The van der Waals surface area contributed by atoms with Crippen LogP contribution < -0.4 is 5.32 Å². The second-order valence-corrected chi connectivity index (χ2v) is 6.43. The normalized spacial score (nSPS) is 17.2. The average Bonchev–Trinajstić information content (AvgIpc) is 3.23. The first-order valence-corrected chi connectivity index (χ1v) is 8.79. The number of benzene rings is 1. The van der Waals surface area contributed by atoms with E-state index in [9.17, 15) is 4.79 Å². The number of carbonyl (C=O) groups is 1. The lowest BCUT2D eigenvalue weighted by atomic mass is 10.1. The smallest absolute Gasteiger partial charge is 0.254 e. The van der Waals surface area contributed by atoms with E-state index in [1.165, 1.54) is 0 Å². The van der Waals surface area contributed by atoms with Crippen LogP contribution in [0.25, 0.3) is 5.69 Å². The van der Waals surface area contributed by atoms with Crippen LogP contribution >= 0.6 is 11.6 Å². The lowest BCUT2D eigenvalue weighted by molar-refractivity contribution is 0.0857. The molecule has 1 N–H and O–H groups in total. The molecule has 0 radical (unpaired) electrons. The molecule has 24 heavy (non-hydrogen) atoms. The standard InChI is InChI=1S/C18H22ClN3O2/c1-2-5-17-16(18(23)20-11-15-8-4-9-24-15)12-21-22(17)14-7-3-6-13(19)10-14/h3,6-7,10,12,15H,2,4-5,8-9,11H2,1H3,(H,20,23). The number of halogens is 1. The number of carbonyl (C=O) groups excluding carboxylic acids is 1. The molecule has 128 valence electrons. The molecular weight excluding hydrogens is 326 g/mol. The van der Waals surface area contributed by atoms with Crippen molar-refractivity contribution >= 4 is 17.5 Å². The first-order valence-electron chi connectivity index (χ1n) is 8.41. The molecule has 6 heteroatoms. The van der Waals surface area contributed by atoms with Crippen LogP contribution in [0.15, 0.2) is 30.5 Å². The Balaban J connectivity index is 1.81. The van der Waals surface area contributed by atoms with Gasteiger partial charge in [-0.15, -0.1) is 0 Å². The molecule has 1 amide bonds. The summed E-state index contributed by atoms with van der Waals surface area (Å²) in [4.78, 5) is 12.6. The summed E-state index contributed by atoms with van der Waals surface area (Å²) in [7, 11) is 0. The van der Waals surface area contributed by atoms with Crippen molar-refractivity contribution in [1.82, 2.24) is 15.1 Å². The van der Waals surface area contributed by atoms with E-state index in [1.807, 2.05) is 24.3 Å². The van der Waals surface area contributed by atoms with Gasteiger partial charge in [-0.05, 0) is 37.5 Å². The number of rotatable bonds is 6. The van der Waals surface area contributed by atoms with Gasteiger partial charge in [0.2, 0.25) is 0 Å². The highest BCUT2D eigenvalue weighted by atomic mass is 35.5. The molecule has 0 spiro atoms. The third-order valence-corrected chi connectivity index (χ3v) is 4.40. The van der Waals surface area contributed by atoms with Crippen LogP contribution in [-0.4, -0.2) is 34.9 Å². The number of ether oxygens (including phenoxy) is 1. The summed E-state index contributed by atoms with van der Waals surface area (Å²) in [5.41, 5.74) is 2.39. The Kier molecular flexibility index (Phi) is 5.53. The molecule has 1 aliphatic rings. The second kappa shape index (κ2) is 7.81. The molecule has 0 bridgehead atoms. The molecule has 5 nitrogen and oxygen atoms in total. The van der Waals surface area contributed by atoms with Crippen molar-refractivity contribution in [2.75, 3.05) is 13.2 Å². The monoisotopic (exact) mass is 347 g/mol. The van der Waals surface area contributed by atoms with E-state index in [2.05, 4.69) is 17.3 Å². The lowest BCUT2D eigenvalue weighted by Crippen LogP contribution is -2.32. The zero-order chi connectivity index (χ0) is 16.9. The number of hydrogen-bond acceptors (Lipinski definition) is 3. The maximum atomic E-state index is 12.6.